The van der Waals surface area contributed by atoms with Gasteiger partial charge in [0.25, 0.3) is 0 Å². The first kappa shape index (κ1) is 21.1. The molecule has 5 heteroatoms. The Bertz CT molecular complexity index is 1260. The topological polar surface area (TPSA) is 70.4 Å². The summed E-state index contributed by atoms with van der Waals surface area (Å²) in [6, 6.07) is 22.9. The highest BCUT2D eigenvalue weighted by Gasteiger charge is 2.20. The number of rotatable bonds is 6. The van der Waals surface area contributed by atoms with Gasteiger partial charge in [0.05, 0.1) is 0 Å². The molecule has 0 aromatic heterocycles. The third kappa shape index (κ3) is 4.30. The van der Waals surface area contributed by atoms with Crippen molar-refractivity contribution in [3.63, 3.8) is 0 Å². The Morgan fingerprint density at radius 3 is 2.44 bits per heavy atom. The number of nitrogens with zero attached hydrogens (tertiary/aromatic N) is 2. The fourth-order valence-electron chi connectivity index (χ4n) is 3.76. The van der Waals surface area contributed by atoms with Crippen LogP contribution < -0.4 is 4.90 Å². The van der Waals surface area contributed by atoms with E-state index in [1.165, 1.54) is 17.2 Å². The zero-order valence-corrected chi connectivity index (χ0v) is 18.0. The summed E-state index contributed by atoms with van der Waals surface area (Å²) in [6.07, 6.45) is 2.30. The van der Waals surface area contributed by atoms with Gasteiger partial charge < -0.3 is 9.64 Å². The van der Waals surface area contributed by atoms with Crippen LogP contribution in [0, 0.1) is 11.3 Å². The van der Waals surface area contributed by atoms with Gasteiger partial charge in [0.2, 0.25) is 0 Å². The van der Waals surface area contributed by atoms with Crippen LogP contribution in [0.2, 0.25) is 0 Å². The largest absolute Gasteiger partial charge is 0.453 e. The summed E-state index contributed by atoms with van der Waals surface area (Å²) in [5.74, 6) is -1.12. The lowest BCUT2D eigenvalue weighted by Crippen LogP contribution is -2.15. The summed E-state index contributed by atoms with van der Waals surface area (Å²) in [4.78, 5) is 27.0. The molecule has 0 heterocycles. The van der Waals surface area contributed by atoms with Gasteiger partial charge in [-0.3, -0.25) is 4.79 Å². The van der Waals surface area contributed by atoms with Crippen molar-refractivity contribution in [1.29, 1.82) is 5.26 Å². The Hall–Kier alpha value is -4.17. The fraction of sp³-hybridized carbons (Fsp3) is 0.148. The molecule has 0 saturated heterocycles. The number of ketones is 1. The average molecular weight is 422 g/mol. The third-order valence-corrected chi connectivity index (χ3v) is 5.52. The first-order valence-electron chi connectivity index (χ1n) is 10.3. The lowest BCUT2D eigenvalue weighted by molar-refractivity contribution is -0.137. The predicted octanol–water partition coefficient (Wildman–Crippen LogP) is 4.66. The third-order valence-electron chi connectivity index (χ3n) is 5.52. The summed E-state index contributed by atoms with van der Waals surface area (Å²) in [5.41, 5.74) is 6.61. The lowest BCUT2D eigenvalue weighted by atomic mass is 10.0. The van der Waals surface area contributed by atoms with E-state index >= 15 is 0 Å². The van der Waals surface area contributed by atoms with Gasteiger partial charge in [0.15, 0.2) is 12.4 Å². The second kappa shape index (κ2) is 8.91. The van der Waals surface area contributed by atoms with Crippen molar-refractivity contribution in [3.8, 4) is 17.2 Å². The molecule has 3 aromatic carbocycles. The summed E-state index contributed by atoms with van der Waals surface area (Å²) in [7, 11) is 3.86. The van der Waals surface area contributed by atoms with Crippen LogP contribution in [0.4, 0.5) is 5.69 Å². The molecule has 0 atom stereocenters. The summed E-state index contributed by atoms with van der Waals surface area (Å²) in [5, 5.41) is 9.37. The van der Waals surface area contributed by atoms with Crippen molar-refractivity contribution < 1.29 is 14.3 Å². The summed E-state index contributed by atoms with van der Waals surface area (Å²) in [6.45, 7) is -0.419. The molecule has 0 bridgehead atoms. The molecule has 0 spiro atoms. The van der Waals surface area contributed by atoms with E-state index < -0.39 is 12.6 Å². The van der Waals surface area contributed by atoms with E-state index in [0.29, 0.717) is 11.1 Å². The number of benzene rings is 3. The van der Waals surface area contributed by atoms with E-state index in [4.69, 9.17) is 4.74 Å². The van der Waals surface area contributed by atoms with Crippen LogP contribution in [0.3, 0.4) is 0 Å². The molecule has 1 aliphatic rings. The number of carbonyl (C=O) groups is 2. The number of fused-ring (bicyclic) bond motifs is 3. The quantitative estimate of drug-likeness (QED) is 0.196. The Balaban J connectivity index is 1.44. The minimum absolute atomic E-state index is 0.154. The normalized spacial score (nSPS) is 11.8. The highest BCUT2D eigenvalue weighted by molar-refractivity contribution is 6.02. The van der Waals surface area contributed by atoms with Gasteiger partial charge in [-0.25, -0.2) is 4.79 Å². The number of esters is 1. The second-order valence-electron chi connectivity index (χ2n) is 7.86. The molecule has 0 amide bonds. The number of carbonyl (C=O) groups excluding carboxylic acids is 2. The molecule has 3 aromatic rings. The van der Waals surface area contributed by atoms with Gasteiger partial charge in [-0.2, -0.15) is 5.26 Å². The molecule has 5 nitrogen and oxygen atoms in total. The number of anilines is 1. The smallest absolute Gasteiger partial charge is 0.349 e. The van der Waals surface area contributed by atoms with E-state index in [1.807, 2.05) is 79.7 Å². The predicted molar refractivity (Wildman–Crippen MR) is 124 cm³/mol. The highest BCUT2D eigenvalue weighted by Crippen LogP contribution is 2.36. The zero-order chi connectivity index (χ0) is 22.7. The minimum atomic E-state index is -0.816. The molecule has 0 unspecified atom stereocenters. The van der Waals surface area contributed by atoms with Crippen molar-refractivity contribution in [2.45, 2.75) is 6.42 Å². The van der Waals surface area contributed by atoms with Crippen LogP contribution in [-0.2, 0) is 16.0 Å². The lowest BCUT2D eigenvalue weighted by Gasteiger charge is -2.11. The van der Waals surface area contributed by atoms with Gasteiger partial charge in [0, 0.05) is 25.3 Å². The maximum Gasteiger partial charge on any atom is 0.349 e. The summed E-state index contributed by atoms with van der Waals surface area (Å²) < 4.78 is 5.15. The van der Waals surface area contributed by atoms with Crippen molar-refractivity contribution in [1.82, 2.24) is 0 Å². The average Bonchev–Trinajstić information content (AvgIpc) is 3.19. The molecule has 0 saturated carbocycles. The van der Waals surface area contributed by atoms with Crippen LogP contribution >= 0.6 is 0 Å². The molecule has 0 N–H and O–H groups in total. The maximum absolute atomic E-state index is 12.6. The molecule has 0 radical (unpaired) electrons. The van der Waals surface area contributed by atoms with E-state index in [1.54, 1.807) is 6.07 Å². The molecule has 4 rings (SSSR count). The van der Waals surface area contributed by atoms with Gasteiger partial charge in [-0.05, 0) is 58.5 Å². The standard InChI is InChI=1S/C27H22N2O3/c1-29(2)23-11-7-18(8-12-23)13-22(16-28)27(31)32-17-26(30)21-10-9-20-14-19-5-3-4-6-24(19)25(20)15-21/h3-13,15H,14,17H2,1-2H3/b22-13+. The molecule has 0 aliphatic heterocycles. The molecule has 1 aliphatic carbocycles. The number of nitriles is 1. The molecular weight excluding hydrogens is 400 g/mol. The SMILES string of the molecule is CN(C)c1ccc(/C=C(\C#N)C(=O)OCC(=O)c2ccc3c(c2)-c2ccccc2C3)cc1. The Labute approximate surface area is 187 Å². The van der Waals surface area contributed by atoms with E-state index in [9.17, 15) is 14.9 Å². The summed E-state index contributed by atoms with van der Waals surface area (Å²) >= 11 is 0. The van der Waals surface area contributed by atoms with E-state index in [0.717, 1.165) is 23.2 Å². The van der Waals surface area contributed by atoms with Gasteiger partial charge in [-0.1, -0.05) is 48.5 Å². The van der Waals surface area contributed by atoms with Gasteiger partial charge in [0.1, 0.15) is 11.6 Å². The zero-order valence-electron chi connectivity index (χ0n) is 18.0. The Kier molecular flexibility index (Phi) is 5.87. The maximum atomic E-state index is 12.6. The molecule has 158 valence electrons. The minimum Gasteiger partial charge on any atom is -0.453 e. The van der Waals surface area contributed by atoms with Gasteiger partial charge >= 0.3 is 5.97 Å². The number of hydrogen-bond donors (Lipinski definition) is 0. The van der Waals surface area contributed by atoms with Crippen molar-refractivity contribution >= 4 is 23.5 Å². The molecule has 0 fully saturated rings. The first-order valence-corrected chi connectivity index (χ1v) is 10.3. The van der Waals surface area contributed by atoms with Crippen molar-refractivity contribution in [2.75, 3.05) is 25.6 Å². The van der Waals surface area contributed by atoms with E-state index in [2.05, 4.69) is 6.07 Å². The van der Waals surface area contributed by atoms with Crippen LogP contribution in [0.15, 0.2) is 72.3 Å². The number of hydrogen-bond acceptors (Lipinski definition) is 5. The molecule has 32 heavy (non-hydrogen) atoms. The first-order chi connectivity index (χ1) is 15.5. The number of Topliss-reactive ketones (excluding diaryl/α,β-unsaturated/α-hetero) is 1. The number of ether oxygens (including phenoxy) is 1. The van der Waals surface area contributed by atoms with Crippen LogP contribution in [0.1, 0.15) is 27.0 Å². The monoisotopic (exact) mass is 422 g/mol. The van der Waals surface area contributed by atoms with Crippen LogP contribution in [0.5, 0.6) is 0 Å². The van der Waals surface area contributed by atoms with Gasteiger partial charge in [-0.15, -0.1) is 0 Å². The fourth-order valence-corrected chi connectivity index (χ4v) is 3.76. The Morgan fingerprint density at radius 2 is 1.72 bits per heavy atom. The van der Waals surface area contributed by atoms with Crippen LogP contribution in [-0.4, -0.2) is 32.5 Å². The Morgan fingerprint density at radius 1 is 1.00 bits per heavy atom. The second-order valence-corrected chi connectivity index (χ2v) is 7.86. The van der Waals surface area contributed by atoms with Crippen molar-refractivity contribution in [2.24, 2.45) is 0 Å². The highest BCUT2D eigenvalue weighted by atomic mass is 16.5. The molecular formula is C27H22N2O3. The van der Waals surface area contributed by atoms with Crippen LogP contribution in [0.25, 0.3) is 17.2 Å². The van der Waals surface area contributed by atoms with Crippen molar-refractivity contribution in [3.05, 3.63) is 94.6 Å². The van der Waals surface area contributed by atoms with E-state index in [-0.39, 0.29) is 11.4 Å².